The van der Waals surface area contributed by atoms with Gasteiger partial charge in [-0.25, -0.2) is 0 Å². The molecule has 1 rings (SSSR count). The van der Waals surface area contributed by atoms with Crippen molar-refractivity contribution >= 4 is 23.3 Å². The molecular weight excluding hydrogens is 338 g/mol. The predicted octanol–water partition coefficient (Wildman–Crippen LogP) is 2.83. The first-order valence-electron chi connectivity index (χ1n) is 8.66. The van der Waals surface area contributed by atoms with E-state index in [-0.39, 0.29) is 24.0 Å². The Morgan fingerprint density at radius 2 is 1.88 bits per heavy atom. The van der Waals surface area contributed by atoms with E-state index in [1.54, 1.807) is 17.0 Å². The molecule has 0 fully saturated rings. The molecule has 1 aromatic carbocycles. The lowest BCUT2D eigenvalue weighted by atomic mass is 10.1. The number of anilines is 1. The van der Waals surface area contributed by atoms with Gasteiger partial charge in [-0.05, 0) is 24.5 Å². The Hall–Kier alpha value is -2.64. The van der Waals surface area contributed by atoms with Gasteiger partial charge in [0, 0.05) is 43.9 Å². The molecule has 0 unspecified atom stereocenters. The molecule has 0 saturated heterocycles. The normalized spacial score (nSPS) is 10.5. The molecule has 0 aliphatic carbocycles. The highest BCUT2D eigenvalue weighted by molar-refractivity contribution is 5.77. The third-order valence-electron chi connectivity index (χ3n) is 3.73. The molecule has 1 aromatic rings. The number of hydrogen-bond donors (Lipinski definition) is 1. The molecule has 0 heterocycles. The first kappa shape index (κ1) is 21.4. The van der Waals surface area contributed by atoms with Gasteiger partial charge in [-0.3, -0.25) is 19.7 Å². The molecule has 1 N–H and O–H groups in total. The first-order valence-corrected chi connectivity index (χ1v) is 8.66. The zero-order chi connectivity index (χ0) is 19.5. The summed E-state index contributed by atoms with van der Waals surface area (Å²) >= 11 is 0. The van der Waals surface area contributed by atoms with E-state index in [1.807, 2.05) is 13.8 Å². The third-order valence-corrected chi connectivity index (χ3v) is 3.73. The molecule has 0 bridgehead atoms. The molecule has 1 amide bonds. The fraction of sp³-hybridized carbons (Fsp3) is 0.556. The van der Waals surface area contributed by atoms with Crippen molar-refractivity contribution in [1.29, 1.82) is 0 Å². The molecular formula is C18H27N3O5. The summed E-state index contributed by atoms with van der Waals surface area (Å²) in [5.74, 6) is -0.00525. The summed E-state index contributed by atoms with van der Waals surface area (Å²) < 4.78 is 4.63. The molecule has 0 saturated carbocycles. The predicted molar refractivity (Wildman–Crippen MR) is 98.9 cm³/mol. The third kappa shape index (κ3) is 7.96. The lowest BCUT2D eigenvalue weighted by Gasteiger charge is -2.24. The van der Waals surface area contributed by atoms with Crippen molar-refractivity contribution < 1.29 is 19.2 Å². The Labute approximate surface area is 153 Å². The zero-order valence-electron chi connectivity index (χ0n) is 15.6. The Bertz CT molecular complexity index is 601. The summed E-state index contributed by atoms with van der Waals surface area (Å²) in [5, 5.41) is 13.8. The van der Waals surface area contributed by atoms with Crippen LogP contribution >= 0.6 is 0 Å². The minimum absolute atomic E-state index is 0.00750. The number of nitro benzene ring substituents is 1. The van der Waals surface area contributed by atoms with Crippen LogP contribution in [-0.4, -0.2) is 48.4 Å². The molecule has 8 heteroatoms. The van der Waals surface area contributed by atoms with Crippen molar-refractivity contribution in [3.8, 4) is 0 Å². The van der Waals surface area contributed by atoms with Crippen LogP contribution in [0.15, 0.2) is 24.3 Å². The highest BCUT2D eigenvalue weighted by Crippen LogP contribution is 2.15. The van der Waals surface area contributed by atoms with Crippen LogP contribution in [0, 0.1) is 16.0 Å². The van der Waals surface area contributed by atoms with Crippen LogP contribution in [0.4, 0.5) is 11.4 Å². The zero-order valence-corrected chi connectivity index (χ0v) is 15.6. The molecule has 26 heavy (non-hydrogen) atoms. The van der Waals surface area contributed by atoms with Crippen molar-refractivity contribution in [1.82, 2.24) is 4.90 Å². The van der Waals surface area contributed by atoms with Gasteiger partial charge in [0.2, 0.25) is 5.91 Å². The summed E-state index contributed by atoms with van der Waals surface area (Å²) in [6.07, 6.45) is 1.19. The standard InChI is InChI=1S/C18H27N3O5/c1-14(2)13-20(12-10-18(23)26-3)17(22)5-4-11-19-15-6-8-16(9-7-15)21(24)25/h6-9,14,19H,4-5,10-13H2,1-3H3. The van der Waals surface area contributed by atoms with Gasteiger partial charge in [0.05, 0.1) is 18.5 Å². The number of hydrogen-bond acceptors (Lipinski definition) is 6. The van der Waals surface area contributed by atoms with Crippen LogP contribution in [0.25, 0.3) is 0 Å². The molecule has 0 spiro atoms. The van der Waals surface area contributed by atoms with Crippen molar-refractivity contribution in [3.63, 3.8) is 0 Å². The molecule has 0 aliphatic rings. The number of carbonyl (C=O) groups excluding carboxylic acids is 2. The Balaban J connectivity index is 2.41. The number of non-ortho nitro benzene ring substituents is 1. The second-order valence-electron chi connectivity index (χ2n) is 6.39. The van der Waals surface area contributed by atoms with E-state index in [2.05, 4.69) is 10.1 Å². The van der Waals surface area contributed by atoms with Gasteiger partial charge in [-0.2, -0.15) is 0 Å². The number of carbonyl (C=O) groups is 2. The topological polar surface area (TPSA) is 102 Å². The van der Waals surface area contributed by atoms with E-state index in [0.717, 1.165) is 5.69 Å². The van der Waals surface area contributed by atoms with E-state index < -0.39 is 4.92 Å². The minimum Gasteiger partial charge on any atom is -0.469 e. The van der Waals surface area contributed by atoms with Gasteiger partial charge < -0.3 is 15.0 Å². The van der Waals surface area contributed by atoms with Gasteiger partial charge in [0.25, 0.3) is 5.69 Å². The molecule has 144 valence electrons. The van der Waals surface area contributed by atoms with E-state index >= 15 is 0 Å². The highest BCUT2D eigenvalue weighted by Gasteiger charge is 2.16. The molecule has 8 nitrogen and oxygen atoms in total. The number of ether oxygens (including phenoxy) is 1. The largest absolute Gasteiger partial charge is 0.469 e. The van der Waals surface area contributed by atoms with Crippen LogP contribution in [0.2, 0.25) is 0 Å². The summed E-state index contributed by atoms with van der Waals surface area (Å²) in [6, 6.07) is 6.15. The van der Waals surface area contributed by atoms with Crippen molar-refractivity contribution in [2.75, 3.05) is 32.1 Å². The maximum Gasteiger partial charge on any atom is 0.307 e. The summed E-state index contributed by atoms with van der Waals surface area (Å²) in [5.41, 5.74) is 0.813. The highest BCUT2D eigenvalue weighted by atomic mass is 16.6. The van der Waals surface area contributed by atoms with Gasteiger partial charge in [0.1, 0.15) is 0 Å². The van der Waals surface area contributed by atoms with Crippen LogP contribution in [0.1, 0.15) is 33.1 Å². The second kappa shape index (κ2) is 11.1. The number of nitrogens with one attached hydrogen (secondary N) is 1. The Kier molecular flexibility index (Phi) is 9.11. The fourth-order valence-electron chi connectivity index (χ4n) is 2.42. The SMILES string of the molecule is COC(=O)CCN(CC(C)C)C(=O)CCCNc1ccc([N+](=O)[O-])cc1. The minimum atomic E-state index is -0.444. The van der Waals surface area contributed by atoms with Crippen LogP contribution < -0.4 is 5.32 Å². The Morgan fingerprint density at radius 1 is 1.23 bits per heavy atom. The number of esters is 1. The molecule has 0 radical (unpaired) electrons. The van der Waals surface area contributed by atoms with E-state index in [4.69, 9.17) is 0 Å². The number of methoxy groups -OCH3 is 1. The van der Waals surface area contributed by atoms with Gasteiger partial charge in [-0.15, -0.1) is 0 Å². The van der Waals surface area contributed by atoms with Crippen molar-refractivity contribution in [2.24, 2.45) is 5.92 Å². The van der Waals surface area contributed by atoms with Crippen molar-refractivity contribution in [2.45, 2.75) is 33.1 Å². The smallest absolute Gasteiger partial charge is 0.307 e. The van der Waals surface area contributed by atoms with Gasteiger partial charge in [0.15, 0.2) is 0 Å². The maximum atomic E-state index is 12.4. The first-order chi connectivity index (χ1) is 12.3. The quantitative estimate of drug-likeness (QED) is 0.280. The average molecular weight is 365 g/mol. The Morgan fingerprint density at radius 3 is 2.42 bits per heavy atom. The number of benzene rings is 1. The average Bonchev–Trinajstić information content (AvgIpc) is 2.61. The summed E-state index contributed by atoms with van der Waals surface area (Å²) in [7, 11) is 1.33. The van der Waals surface area contributed by atoms with Crippen molar-refractivity contribution in [3.05, 3.63) is 34.4 Å². The molecule has 0 aliphatic heterocycles. The molecule has 0 aromatic heterocycles. The van der Waals surface area contributed by atoms with Crippen LogP contribution in [0.3, 0.4) is 0 Å². The second-order valence-corrected chi connectivity index (χ2v) is 6.39. The maximum absolute atomic E-state index is 12.4. The summed E-state index contributed by atoms with van der Waals surface area (Å²) in [4.78, 5) is 35.6. The monoisotopic (exact) mass is 365 g/mol. The summed E-state index contributed by atoms with van der Waals surface area (Å²) in [6.45, 7) is 5.59. The molecule has 0 atom stereocenters. The van der Waals surface area contributed by atoms with Crippen LogP contribution in [0.5, 0.6) is 0 Å². The van der Waals surface area contributed by atoms with Gasteiger partial charge >= 0.3 is 5.97 Å². The van der Waals surface area contributed by atoms with E-state index in [1.165, 1.54) is 19.2 Å². The van der Waals surface area contributed by atoms with E-state index in [0.29, 0.717) is 38.4 Å². The number of amides is 1. The van der Waals surface area contributed by atoms with Crippen LogP contribution in [-0.2, 0) is 14.3 Å². The van der Waals surface area contributed by atoms with Gasteiger partial charge in [-0.1, -0.05) is 13.8 Å². The number of nitro groups is 1. The lowest BCUT2D eigenvalue weighted by Crippen LogP contribution is -2.36. The lowest BCUT2D eigenvalue weighted by molar-refractivity contribution is -0.384. The van der Waals surface area contributed by atoms with E-state index in [9.17, 15) is 19.7 Å². The fourth-order valence-corrected chi connectivity index (χ4v) is 2.42. The number of rotatable bonds is 11. The number of nitrogens with zero attached hydrogens (tertiary/aromatic N) is 2.